The minimum atomic E-state index is -1.20. The zero-order chi connectivity index (χ0) is 14.3. The van der Waals surface area contributed by atoms with Gasteiger partial charge in [-0.2, -0.15) is 5.10 Å². The quantitative estimate of drug-likeness (QED) is 0.672. The second-order valence-electron chi connectivity index (χ2n) is 4.10. The van der Waals surface area contributed by atoms with Crippen molar-refractivity contribution in [2.24, 2.45) is 0 Å². The van der Waals surface area contributed by atoms with Crippen molar-refractivity contribution in [1.82, 2.24) is 10.2 Å². The van der Waals surface area contributed by atoms with Crippen LogP contribution in [0.3, 0.4) is 0 Å². The average molecular weight is 275 g/mol. The lowest BCUT2D eigenvalue weighted by Gasteiger charge is -1.97. The minimum Gasteiger partial charge on any atom is -0.475 e. The summed E-state index contributed by atoms with van der Waals surface area (Å²) in [7, 11) is 0. The zero-order valence-corrected chi connectivity index (χ0v) is 10.3. The molecule has 3 N–H and O–H groups in total. The van der Waals surface area contributed by atoms with Gasteiger partial charge >= 0.3 is 5.97 Å². The minimum absolute atomic E-state index is 0.103. The molecule has 0 aromatic carbocycles. The highest BCUT2D eigenvalue weighted by atomic mass is 16.4. The molecule has 0 unspecified atom stereocenters. The van der Waals surface area contributed by atoms with Gasteiger partial charge in [-0.1, -0.05) is 0 Å². The van der Waals surface area contributed by atoms with Crippen molar-refractivity contribution >= 4 is 28.8 Å². The van der Waals surface area contributed by atoms with Gasteiger partial charge in [0, 0.05) is 6.07 Å². The third kappa shape index (κ3) is 1.92. The molecule has 3 heterocycles. The topological polar surface area (TPSA) is 121 Å². The average Bonchev–Trinajstić information content (AvgIpc) is 3.05. The molecule has 0 aliphatic rings. The summed E-state index contributed by atoms with van der Waals surface area (Å²) in [5, 5.41) is 17.7. The molecule has 0 saturated carbocycles. The van der Waals surface area contributed by atoms with E-state index in [1.165, 1.54) is 12.1 Å². The van der Waals surface area contributed by atoms with Crippen molar-refractivity contribution in [1.29, 1.82) is 0 Å². The highest BCUT2D eigenvalue weighted by Gasteiger charge is 2.19. The Balaban J connectivity index is 1.90. The van der Waals surface area contributed by atoms with E-state index < -0.39 is 11.9 Å². The summed E-state index contributed by atoms with van der Waals surface area (Å²) in [5.74, 6) is -1.10. The number of hydrogen-bond acceptors (Lipinski definition) is 5. The molecule has 1 amide bonds. The summed E-state index contributed by atoms with van der Waals surface area (Å²) >= 11 is 0. The standard InChI is InChI=1S/C12H9N3O5/c1-5-2-3-7(19-5)11(16)13-10-9-6(14-15-10)4-8(20-9)12(17)18/h2-4H,1H3,(H,17,18)(H2,13,14,15,16). The van der Waals surface area contributed by atoms with E-state index in [0.717, 1.165) is 0 Å². The Morgan fingerprint density at radius 3 is 2.75 bits per heavy atom. The lowest BCUT2D eigenvalue weighted by atomic mass is 10.4. The van der Waals surface area contributed by atoms with Crippen molar-refractivity contribution in [2.75, 3.05) is 5.32 Å². The Labute approximate surface area is 111 Å². The molecule has 0 spiro atoms. The van der Waals surface area contributed by atoms with Crippen LogP contribution in [0.2, 0.25) is 0 Å². The number of hydrogen-bond donors (Lipinski definition) is 3. The number of anilines is 1. The van der Waals surface area contributed by atoms with E-state index >= 15 is 0 Å². The van der Waals surface area contributed by atoms with E-state index in [9.17, 15) is 9.59 Å². The fourth-order valence-electron chi connectivity index (χ4n) is 1.73. The van der Waals surface area contributed by atoms with E-state index in [2.05, 4.69) is 15.5 Å². The summed E-state index contributed by atoms with van der Waals surface area (Å²) in [5.41, 5.74) is 0.548. The third-order valence-electron chi connectivity index (χ3n) is 2.64. The highest BCUT2D eigenvalue weighted by Crippen LogP contribution is 2.24. The number of H-pyrrole nitrogens is 1. The molecule has 0 aliphatic carbocycles. The molecule has 8 heteroatoms. The van der Waals surface area contributed by atoms with Crippen molar-refractivity contribution < 1.29 is 23.5 Å². The number of aromatic nitrogens is 2. The normalized spacial score (nSPS) is 10.8. The molecule has 3 aromatic heterocycles. The Morgan fingerprint density at radius 2 is 2.10 bits per heavy atom. The van der Waals surface area contributed by atoms with Crippen molar-refractivity contribution in [3.63, 3.8) is 0 Å². The first kappa shape index (κ1) is 12.0. The fourth-order valence-corrected chi connectivity index (χ4v) is 1.73. The van der Waals surface area contributed by atoms with Gasteiger partial charge in [-0.15, -0.1) is 0 Å². The number of aryl methyl sites for hydroxylation is 1. The molecule has 0 bridgehead atoms. The molecular formula is C12H9N3O5. The predicted molar refractivity (Wildman–Crippen MR) is 66.7 cm³/mol. The van der Waals surface area contributed by atoms with Crippen LogP contribution >= 0.6 is 0 Å². The summed E-state index contributed by atoms with van der Waals surface area (Å²) in [6.07, 6.45) is 0. The highest BCUT2D eigenvalue weighted by molar-refractivity contribution is 6.05. The molecule has 102 valence electrons. The Kier molecular flexibility index (Phi) is 2.56. The van der Waals surface area contributed by atoms with Gasteiger partial charge in [0.2, 0.25) is 5.76 Å². The van der Waals surface area contributed by atoms with Crippen LogP contribution in [0.4, 0.5) is 5.82 Å². The zero-order valence-electron chi connectivity index (χ0n) is 10.3. The van der Waals surface area contributed by atoms with Gasteiger partial charge in [0.05, 0.1) is 0 Å². The van der Waals surface area contributed by atoms with Gasteiger partial charge in [0.1, 0.15) is 11.3 Å². The molecule has 0 saturated heterocycles. The first-order chi connectivity index (χ1) is 9.54. The van der Waals surface area contributed by atoms with Gasteiger partial charge in [-0.05, 0) is 19.1 Å². The monoisotopic (exact) mass is 275 g/mol. The van der Waals surface area contributed by atoms with Gasteiger partial charge in [-0.3, -0.25) is 15.2 Å². The van der Waals surface area contributed by atoms with Crippen LogP contribution in [0.15, 0.2) is 27.0 Å². The summed E-state index contributed by atoms with van der Waals surface area (Å²) in [6.45, 7) is 1.72. The number of carbonyl (C=O) groups is 2. The molecule has 0 atom stereocenters. The largest absolute Gasteiger partial charge is 0.475 e. The number of carboxylic acids is 1. The first-order valence-corrected chi connectivity index (χ1v) is 5.63. The number of carbonyl (C=O) groups excluding carboxylic acids is 1. The Bertz CT molecular complexity index is 810. The van der Waals surface area contributed by atoms with Gasteiger partial charge < -0.3 is 13.9 Å². The number of nitrogens with one attached hydrogen (secondary N) is 2. The van der Waals surface area contributed by atoms with Gasteiger partial charge in [0.25, 0.3) is 5.91 Å². The molecule has 0 fully saturated rings. The predicted octanol–water partition coefficient (Wildman–Crippen LogP) is 2.01. The maximum atomic E-state index is 11.9. The number of carboxylic acid groups (broad SMARTS) is 1. The van der Waals surface area contributed by atoms with E-state index in [1.807, 2.05) is 0 Å². The SMILES string of the molecule is Cc1ccc(C(=O)Nc2n[nH]c3cc(C(=O)O)oc23)o1. The molecule has 0 radical (unpaired) electrons. The number of rotatable bonds is 3. The van der Waals surface area contributed by atoms with Crippen LogP contribution in [-0.2, 0) is 0 Å². The van der Waals surface area contributed by atoms with Crippen LogP contribution < -0.4 is 5.32 Å². The Hall–Kier alpha value is -3.03. The summed E-state index contributed by atoms with van der Waals surface area (Å²) in [6, 6.07) is 4.47. The molecular weight excluding hydrogens is 266 g/mol. The first-order valence-electron chi connectivity index (χ1n) is 5.63. The second kappa shape index (κ2) is 4.26. The van der Waals surface area contributed by atoms with Crippen LogP contribution in [0.5, 0.6) is 0 Å². The molecule has 20 heavy (non-hydrogen) atoms. The number of furan rings is 2. The molecule has 3 aromatic rings. The van der Waals surface area contributed by atoms with Crippen LogP contribution in [0, 0.1) is 6.92 Å². The smallest absolute Gasteiger partial charge is 0.371 e. The van der Waals surface area contributed by atoms with Crippen molar-refractivity contribution in [3.8, 4) is 0 Å². The fraction of sp³-hybridized carbons (Fsp3) is 0.0833. The lowest BCUT2D eigenvalue weighted by Crippen LogP contribution is -2.11. The van der Waals surface area contributed by atoms with Crippen LogP contribution in [0.1, 0.15) is 26.9 Å². The van der Waals surface area contributed by atoms with Gasteiger partial charge in [0.15, 0.2) is 17.2 Å². The number of nitrogens with zero attached hydrogens (tertiary/aromatic N) is 1. The van der Waals surface area contributed by atoms with E-state index in [4.69, 9.17) is 13.9 Å². The number of amides is 1. The van der Waals surface area contributed by atoms with Crippen LogP contribution in [0.25, 0.3) is 11.1 Å². The summed E-state index contributed by atoms with van der Waals surface area (Å²) < 4.78 is 10.3. The van der Waals surface area contributed by atoms with Gasteiger partial charge in [-0.25, -0.2) is 4.79 Å². The van der Waals surface area contributed by atoms with Crippen molar-refractivity contribution in [3.05, 3.63) is 35.5 Å². The maximum absolute atomic E-state index is 11.9. The van der Waals surface area contributed by atoms with E-state index in [0.29, 0.717) is 11.3 Å². The number of aromatic amines is 1. The third-order valence-corrected chi connectivity index (χ3v) is 2.64. The molecule has 8 nitrogen and oxygen atoms in total. The molecule has 3 rings (SSSR count). The second-order valence-corrected chi connectivity index (χ2v) is 4.10. The van der Waals surface area contributed by atoms with Crippen molar-refractivity contribution in [2.45, 2.75) is 6.92 Å². The number of aromatic carboxylic acids is 1. The van der Waals surface area contributed by atoms with E-state index in [1.54, 1.807) is 13.0 Å². The summed E-state index contributed by atoms with van der Waals surface area (Å²) in [4.78, 5) is 22.7. The maximum Gasteiger partial charge on any atom is 0.371 e. The Morgan fingerprint density at radius 1 is 1.30 bits per heavy atom. The van der Waals surface area contributed by atoms with E-state index in [-0.39, 0.29) is 22.9 Å². The van der Waals surface area contributed by atoms with Crippen LogP contribution in [-0.4, -0.2) is 27.2 Å². The number of fused-ring (bicyclic) bond motifs is 1. The lowest BCUT2D eigenvalue weighted by molar-refractivity contribution is 0.0665. The molecule has 0 aliphatic heterocycles.